The van der Waals surface area contributed by atoms with E-state index in [0.29, 0.717) is 31.7 Å². The van der Waals surface area contributed by atoms with Crippen LogP contribution in [0.5, 0.6) is 0 Å². The van der Waals surface area contributed by atoms with Crippen molar-refractivity contribution in [1.82, 2.24) is 9.80 Å². The van der Waals surface area contributed by atoms with Crippen molar-refractivity contribution in [2.24, 2.45) is 0 Å². The summed E-state index contributed by atoms with van der Waals surface area (Å²) in [4.78, 5) is 40.9. The van der Waals surface area contributed by atoms with E-state index < -0.39 is 5.82 Å². The molecule has 0 radical (unpaired) electrons. The van der Waals surface area contributed by atoms with Gasteiger partial charge in [-0.2, -0.15) is 0 Å². The van der Waals surface area contributed by atoms with Gasteiger partial charge in [0, 0.05) is 44.6 Å². The average Bonchev–Trinajstić information content (AvgIpc) is 2.73. The molecule has 0 aromatic heterocycles. The Balaban J connectivity index is 1.52. The normalized spacial score (nSPS) is 14.0. The quantitative estimate of drug-likeness (QED) is 0.672. The summed E-state index contributed by atoms with van der Waals surface area (Å²) in [6, 6.07) is 9.40. The molecule has 1 heterocycles. The van der Waals surface area contributed by atoms with E-state index in [4.69, 9.17) is 11.6 Å². The van der Waals surface area contributed by atoms with Crippen LogP contribution < -0.4 is 0 Å². The van der Waals surface area contributed by atoms with E-state index in [0.717, 1.165) is 17.2 Å². The second-order valence-corrected chi connectivity index (χ2v) is 7.95. The number of piperazine rings is 1. The van der Waals surface area contributed by atoms with Gasteiger partial charge in [-0.15, -0.1) is 0 Å². The van der Waals surface area contributed by atoms with Gasteiger partial charge in [0.25, 0.3) is 5.91 Å². The Morgan fingerprint density at radius 3 is 2.23 bits per heavy atom. The number of nitrogens with zero attached hydrogens (tertiary/aromatic N) is 2. The van der Waals surface area contributed by atoms with Gasteiger partial charge < -0.3 is 9.80 Å². The maximum absolute atomic E-state index is 13.2. The smallest absolute Gasteiger partial charge is 0.255 e. The molecule has 0 atom stereocenters. The van der Waals surface area contributed by atoms with Crippen LogP contribution in [0.15, 0.2) is 36.4 Å². The first kappa shape index (κ1) is 22.0. The minimum atomic E-state index is -0.498. The fourth-order valence-corrected chi connectivity index (χ4v) is 3.79. The lowest BCUT2D eigenvalue weighted by Crippen LogP contribution is -2.50. The molecular weight excluding hydrogens is 407 g/mol. The van der Waals surface area contributed by atoms with Crippen LogP contribution in [0.3, 0.4) is 0 Å². The van der Waals surface area contributed by atoms with Gasteiger partial charge in [-0.3, -0.25) is 14.4 Å². The van der Waals surface area contributed by atoms with Gasteiger partial charge >= 0.3 is 0 Å². The summed E-state index contributed by atoms with van der Waals surface area (Å²) >= 11 is 5.98. The highest BCUT2D eigenvalue weighted by Crippen LogP contribution is 2.20. The molecule has 2 aromatic rings. The van der Waals surface area contributed by atoms with Gasteiger partial charge in [0.2, 0.25) is 5.91 Å². The Kier molecular flexibility index (Phi) is 6.87. The standard InChI is InChI=1S/C23H24ClFN2O3/c1-15-3-4-16(2)19(13-15)21(28)7-8-22(29)26-9-11-27(12-10-26)23(30)18-6-5-17(25)14-20(18)24/h3-6,13-14H,7-12H2,1-2H3. The molecule has 7 heteroatoms. The van der Waals surface area contributed by atoms with Gasteiger partial charge in [0.05, 0.1) is 10.6 Å². The molecular formula is C23H24ClFN2O3. The molecule has 158 valence electrons. The first-order valence-electron chi connectivity index (χ1n) is 9.89. The summed E-state index contributed by atoms with van der Waals surface area (Å²) in [5.74, 6) is -0.913. The van der Waals surface area contributed by atoms with Crippen molar-refractivity contribution in [2.45, 2.75) is 26.7 Å². The van der Waals surface area contributed by atoms with Crippen LogP contribution in [-0.2, 0) is 4.79 Å². The number of halogens is 2. The molecule has 0 unspecified atom stereocenters. The Morgan fingerprint density at radius 2 is 1.57 bits per heavy atom. The van der Waals surface area contributed by atoms with Crippen LogP contribution in [-0.4, -0.2) is 53.6 Å². The third kappa shape index (κ3) is 5.05. The number of ketones is 1. The second kappa shape index (κ2) is 9.39. The van der Waals surface area contributed by atoms with Gasteiger partial charge in [0.15, 0.2) is 5.78 Å². The Morgan fingerprint density at radius 1 is 0.900 bits per heavy atom. The molecule has 2 aromatic carbocycles. The molecule has 1 aliphatic heterocycles. The second-order valence-electron chi connectivity index (χ2n) is 7.54. The van der Waals surface area contributed by atoms with Crippen molar-refractivity contribution in [3.8, 4) is 0 Å². The van der Waals surface area contributed by atoms with Crippen molar-refractivity contribution in [2.75, 3.05) is 26.2 Å². The molecule has 0 N–H and O–H groups in total. The fourth-order valence-electron chi connectivity index (χ4n) is 3.54. The molecule has 0 aliphatic carbocycles. The number of carbonyl (C=O) groups is 3. The minimum absolute atomic E-state index is 0.0377. The van der Waals surface area contributed by atoms with Crippen molar-refractivity contribution in [3.63, 3.8) is 0 Å². The predicted molar refractivity (Wildman–Crippen MR) is 113 cm³/mol. The summed E-state index contributed by atoms with van der Waals surface area (Å²) in [5, 5.41) is 0.0726. The number of amides is 2. The fraction of sp³-hybridized carbons (Fsp3) is 0.348. The van der Waals surface area contributed by atoms with E-state index >= 15 is 0 Å². The highest BCUT2D eigenvalue weighted by molar-refractivity contribution is 6.33. The predicted octanol–water partition coefficient (Wildman–Crippen LogP) is 4.04. The van der Waals surface area contributed by atoms with E-state index in [1.807, 2.05) is 32.0 Å². The average molecular weight is 431 g/mol. The molecule has 30 heavy (non-hydrogen) atoms. The zero-order valence-corrected chi connectivity index (χ0v) is 17.8. The maximum atomic E-state index is 13.2. The zero-order chi connectivity index (χ0) is 21.8. The van der Waals surface area contributed by atoms with Crippen LogP contribution >= 0.6 is 11.6 Å². The van der Waals surface area contributed by atoms with E-state index in [2.05, 4.69) is 0 Å². The Bertz CT molecular complexity index is 984. The van der Waals surface area contributed by atoms with E-state index in [1.165, 1.54) is 12.1 Å². The molecule has 1 fully saturated rings. The summed E-state index contributed by atoms with van der Waals surface area (Å²) in [5.41, 5.74) is 2.83. The Labute approximate surface area is 180 Å². The number of aryl methyl sites for hydroxylation is 2. The number of Topliss-reactive ketones (excluding diaryl/α,β-unsaturated/α-hetero) is 1. The highest BCUT2D eigenvalue weighted by Gasteiger charge is 2.26. The van der Waals surface area contributed by atoms with Crippen LogP contribution in [0.4, 0.5) is 4.39 Å². The van der Waals surface area contributed by atoms with Gasteiger partial charge in [-0.05, 0) is 43.7 Å². The van der Waals surface area contributed by atoms with Crippen LogP contribution in [0.2, 0.25) is 5.02 Å². The third-order valence-corrected chi connectivity index (χ3v) is 5.65. The number of hydrogen-bond acceptors (Lipinski definition) is 3. The highest BCUT2D eigenvalue weighted by atomic mass is 35.5. The van der Waals surface area contributed by atoms with E-state index in [-0.39, 0.29) is 41.0 Å². The van der Waals surface area contributed by atoms with Crippen molar-refractivity contribution < 1.29 is 18.8 Å². The van der Waals surface area contributed by atoms with Crippen LogP contribution in [0.1, 0.15) is 44.7 Å². The largest absolute Gasteiger partial charge is 0.339 e. The molecule has 0 spiro atoms. The van der Waals surface area contributed by atoms with Crippen molar-refractivity contribution >= 4 is 29.2 Å². The first-order chi connectivity index (χ1) is 14.3. The van der Waals surface area contributed by atoms with Gasteiger partial charge in [-0.1, -0.05) is 29.3 Å². The lowest BCUT2D eigenvalue weighted by atomic mass is 9.99. The Hall–Kier alpha value is -2.73. The molecule has 1 saturated heterocycles. The van der Waals surface area contributed by atoms with Crippen molar-refractivity contribution in [3.05, 3.63) is 69.5 Å². The van der Waals surface area contributed by atoms with E-state index in [1.54, 1.807) is 9.80 Å². The van der Waals surface area contributed by atoms with E-state index in [9.17, 15) is 18.8 Å². The maximum Gasteiger partial charge on any atom is 0.255 e. The molecule has 3 rings (SSSR count). The molecule has 0 bridgehead atoms. The summed E-state index contributed by atoms with van der Waals surface area (Å²) in [6.45, 7) is 5.33. The molecule has 1 aliphatic rings. The zero-order valence-electron chi connectivity index (χ0n) is 17.1. The summed E-state index contributed by atoms with van der Waals surface area (Å²) < 4.78 is 13.2. The molecule has 2 amide bonds. The van der Waals surface area contributed by atoms with Crippen LogP contribution in [0.25, 0.3) is 0 Å². The SMILES string of the molecule is Cc1ccc(C)c(C(=O)CCC(=O)N2CCN(C(=O)c3ccc(F)cc3Cl)CC2)c1. The van der Waals surface area contributed by atoms with Crippen molar-refractivity contribution in [1.29, 1.82) is 0 Å². The van der Waals surface area contributed by atoms with Gasteiger partial charge in [0.1, 0.15) is 5.82 Å². The number of benzene rings is 2. The van der Waals surface area contributed by atoms with Crippen LogP contribution in [0, 0.1) is 19.7 Å². The lowest BCUT2D eigenvalue weighted by Gasteiger charge is -2.35. The first-order valence-corrected chi connectivity index (χ1v) is 10.3. The molecule has 0 saturated carbocycles. The monoisotopic (exact) mass is 430 g/mol. The summed E-state index contributed by atoms with van der Waals surface area (Å²) in [6.07, 6.45) is 0.303. The topological polar surface area (TPSA) is 57.7 Å². The number of carbonyl (C=O) groups excluding carboxylic acids is 3. The third-order valence-electron chi connectivity index (χ3n) is 5.34. The number of hydrogen-bond donors (Lipinski definition) is 0. The molecule has 5 nitrogen and oxygen atoms in total. The summed E-state index contributed by atoms with van der Waals surface area (Å²) in [7, 11) is 0. The minimum Gasteiger partial charge on any atom is -0.339 e. The number of rotatable bonds is 5. The van der Waals surface area contributed by atoms with Gasteiger partial charge in [-0.25, -0.2) is 4.39 Å². The lowest BCUT2D eigenvalue weighted by molar-refractivity contribution is -0.132.